The molecule has 1 aromatic carbocycles. The number of ether oxygens (including phenoxy) is 2. The molecule has 162 valence electrons. The first-order valence-corrected chi connectivity index (χ1v) is 10.4. The SMILES string of the molecule is CCNC(=O)CN(CC)C(=O)C[NH+]1CC[NH+](Cc2ccc(OC)c(OC)c2)CC1. The molecule has 0 radical (unpaired) electrons. The molecule has 29 heavy (non-hydrogen) atoms. The number of piperazine rings is 1. The van der Waals surface area contributed by atoms with Gasteiger partial charge in [0.05, 0.1) is 20.8 Å². The number of methoxy groups -OCH3 is 2. The third-order valence-electron chi connectivity index (χ3n) is 5.41. The van der Waals surface area contributed by atoms with Crippen molar-refractivity contribution in [2.24, 2.45) is 0 Å². The fraction of sp³-hybridized carbons (Fsp3) is 0.619. The van der Waals surface area contributed by atoms with Crippen LogP contribution in [0.5, 0.6) is 11.5 Å². The average molecular weight is 409 g/mol. The molecule has 0 aliphatic carbocycles. The number of carbonyl (C=O) groups excluding carboxylic acids is 2. The zero-order chi connectivity index (χ0) is 21.2. The van der Waals surface area contributed by atoms with Crippen LogP contribution in [0.1, 0.15) is 19.4 Å². The average Bonchev–Trinajstić information content (AvgIpc) is 2.73. The number of hydrogen-bond donors (Lipinski definition) is 3. The van der Waals surface area contributed by atoms with Crippen LogP contribution in [0.25, 0.3) is 0 Å². The van der Waals surface area contributed by atoms with Gasteiger partial charge in [-0.05, 0) is 32.0 Å². The van der Waals surface area contributed by atoms with E-state index in [0.29, 0.717) is 19.6 Å². The molecule has 0 saturated carbocycles. The maximum atomic E-state index is 12.6. The van der Waals surface area contributed by atoms with Crippen LogP contribution >= 0.6 is 0 Å². The van der Waals surface area contributed by atoms with Crippen molar-refractivity contribution < 1.29 is 28.9 Å². The van der Waals surface area contributed by atoms with Gasteiger partial charge in [0.1, 0.15) is 32.7 Å². The zero-order valence-electron chi connectivity index (χ0n) is 18.2. The van der Waals surface area contributed by atoms with Crippen LogP contribution in [0.15, 0.2) is 18.2 Å². The Labute approximate surface area is 173 Å². The molecule has 1 aliphatic rings. The van der Waals surface area contributed by atoms with Crippen molar-refractivity contribution in [3.63, 3.8) is 0 Å². The number of nitrogens with one attached hydrogen (secondary N) is 3. The van der Waals surface area contributed by atoms with Gasteiger partial charge in [0, 0.05) is 18.7 Å². The lowest BCUT2D eigenvalue weighted by Gasteiger charge is -2.30. The fourth-order valence-electron chi connectivity index (χ4n) is 3.72. The monoisotopic (exact) mass is 408 g/mol. The third kappa shape index (κ3) is 6.90. The number of carbonyl (C=O) groups is 2. The topological polar surface area (TPSA) is 76.8 Å². The molecule has 3 N–H and O–H groups in total. The van der Waals surface area contributed by atoms with Crippen molar-refractivity contribution >= 4 is 11.8 Å². The van der Waals surface area contributed by atoms with Crippen LogP contribution < -0.4 is 24.6 Å². The highest BCUT2D eigenvalue weighted by molar-refractivity contribution is 5.85. The standard InChI is InChI=1S/C21H34N4O4/c1-5-22-20(26)15-25(6-2)21(27)16-24-11-9-23(10-12-24)14-17-7-8-18(28-3)19(13-17)29-4/h7-8,13H,5-6,9-12,14-16H2,1-4H3,(H,22,26)/p+2. The Morgan fingerprint density at radius 2 is 1.69 bits per heavy atom. The molecule has 8 heteroatoms. The number of rotatable bonds is 10. The van der Waals surface area contributed by atoms with Gasteiger partial charge in [-0.1, -0.05) is 0 Å². The van der Waals surface area contributed by atoms with Gasteiger partial charge in [-0.2, -0.15) is 0 Å². The van der Waals surface area contributed by atoms with Crippen LogP contribution in [0, 0.1) is 0 Å². The third-order valence-corrected chi connectivity index (χ3v) is 5.41. The van der Waals surface area contributed by atoms with Gasteiger partial charge in [0.25, 0.3) is 5.91 Å². The minimum absolute atomic E-state index is 0.0529. The van der Waals surface area contributed by atoms with Gasteiger partial charge in [-0.3, -0.25) is 9.59 Å². The van der Waals surface area contributed by atoms with Crippen molar-refractivity contribution in [1.82, 2.24) is 10.2 Å². The van der Waals surface area contributed by atoms with Crippen molar-refractivity contribution in [1.29, 1.82) is 0 Å². The predicted molar refractivity (Wildman–Crippen MR) is 110 cm³/mol. The van der Waals surface area contributed by atoms with E-state index < -0.39 is 0 Å². The first-order chi connectivity index (χ1) is 14.0. The summed E-state index contributed by atoms with van der Waals surface area (Å²) < 4.78 is 10.7. The van der Waals surface area contributed by atoms with Crippen molar-refractivity contribution in [3.05, 3.63) is 23.8 Å². The Kier molecular flexibility index (Phi) is 9.21. The van der Waals surface area contributed by atoms with E-state index in [1.807, 2.05) is 26.0 Å². The molecule has 0 aromatic heterocycles. The number of likely N-dealkylation sites (N-methyl/N-ethyl adjacent to an activating group) is 2. The molecular formula is C21H36N4O4+2. The molecule has 2 amide bonds. The van der Waals surface area contributed by atoms with Crippen LogP contribution in [-0.4, -0.2) is 83.3 Å². The molecule has 1 aromatic rings. The second-order valence-electron chi connectivity index (χ2n) is 7.40. The van der Waals surface area contributed by atoms with Crippen molar-refractivity contribution in [3.8, 4) is 11.5 Å². The summed E-state index contributed by atoms with van der Waals surface area (Å²) in [6.07, 6.45) is 0. The fourth-order valence-corrected chi connectivity index (χ4v) is 3.72. The number of quaternary nitrogens is 2. The molecule has 1 aliphatic heterocycles. The summed E-state index contributed by atoms with van der Waals surface area (Å²) in [5.74, 6) is 1.46. The molecule has 1 saturated heterocycles. The highest BCUT2D eigenvalue weighted by atomic mass is 16.5. The summed E-state index contributed by atoms with van der Waals surface area (Å²) in [4.78, 5) is 28.8. The van der Waals surface area contributed by atoms with E-state index in [-0.39, 0.29) is 18.4 Å². The molecule has 0 atom stereocenters. The van der Waals surface area contributed by atoms with Gasteiger partial charge in [-0.15, -0.1) is 0 Å². The summed E-state index contributed by atoms with van der Waals surface area (Å²) in [5.41, 5.74) is 1.22. The summed E-state index contributed by atoms with van der Waals surface area (Å²) in [5, 5.41) is 2.75. The maximum Gasteiger partial charge on any atom is 0.278 e. The smallest absolute Gasteiger partial charge is 0.278 e. The van der Waals surface area contributed by atoms with Crippen LogP contribution in [0.2, 0.25) is 0 Å². The summed E-state index contributed by atoms with van der Waals surface area (Å²) in [6, 6.07) is 6.06. The van der Waals surface area contributed by atoms with Gasteiger partial charge in [0.2, 0.25) is 5.91 Å². The van der Waals surface area contributed by atoms with Crippen molar-refractivity contribution in [2.75, 3.05) is 66.6 Å². The Morgan fingerprint density at radius 1 is 1.03 bits per heavy atom. The van der Waals surface area contributed by atoms with Crippen LogP contribution in [0.3, 0.4) is 0 Å². The second kappa shape index (κ2) is 11.6. The van der Waals surface area contributed by atoms with Gasteiger partial charge < -0.3 is 29.5 Å². The Morgan fingerprint density at radius 3 is 2.28 bits per heavy atom. The predicted octanol–water partition coefficient (Wildman–Crippen LogP) is -2.03. The molecule has 8 nitrogen and oxygen atoms in total. The number of nitrogens with zero attached hydrogens (tertiary/aromatic N) is 1. The van der Waals surface area contributed by atoms with Crippen LogP contribution in [-0.2, 0) is 16.1 Å². The first kappa shape index (κ1) is 23.0. The minimum Gasteiger partial charge on any atom is -0.493 e. The van der Waals surface area contributed by atoms with E-state index in [2.05, 4.69) is 11.4 Å². The first-order valence-electron chi connectivity index (χ1n) is 10.4. The molecule has 0 spiro atoms. The van der Waals surface area contributed by atoms with Gasteiger partial charge in [-0.25, -0.2) is 0 Å². The lowest BCUT2D eigenvalue weighted by molar-refractivity contribution is -1.02. The maximum absolute atomic E-state index is 12.6. The highest BCUT2D eigenvalue weighted by Crippen LogP contribution is 2.27. The zero-order valence-corrected chi connectivity index (χ0v) is 18.2. The normalized spacial score (nSPS) is 18.8. The number of hydrogen-bond acceptors (Lipinski definition) is 4. The largest absolute Gasteiger partial charge is 0.493 e. The molecule has 2 rings (SSSR count). The van der Waals surface area contributed by atoms with E-state index in [9.17, 15) is 9.59 Å². The molecule has 1 heterocycles. The van der Waals surface area contributed by atoms with Crippen LogP contribution in [0.4, 0.5) is 0 Å². The van der Waals surface area contributed by atoms with E-state index >= 15 is 0 Å². The summed E-state index contributed by atoms with van der Waals surface area (Å²) >= 11 is 0. The van der Waals surface area contributed by atoms with E-state index in [4.69, 9.17) is 9.47 Å². The van der Waals surface area contributed by atoms with E-state index in [0.717, 1.165) is 44.2 Å². The van der Waals surface area contributed by atoms with Gasteiger partial charge >= 0.3 is 0 Å². The minimum atomic E-state index is -0.0955. The summed E-state index contributed by atoms with van der Waals surface area (Å²) in [6.45, 7) is 10.4. The molecule has 1 fully saturated rings. The Hall–Kier alpha value is -2.32. The van der Waals surface area contributed by atoms with E-state index in [1.165, 1.54) is 15.4 Å². The van der Waals surface area contributed by atoms with Crippen molar-refractivity contribution in [2.45, 2.75) is 20.4 Å². The summed E-state index contributed by atoms with van der Waals surface area (Å²) in [7, 11) is 3.29. The molecular weight excluding hydrogens is 372 g/mol. The quantitative estimate of drug-likeness (QED) is 0.418. The highest BCUT2D eigenvalue weighted by Gasteiger charge is 2.27. The number of amides is 2. The lowest BCUT2D eigenvalue weighted by atomic mass is 10.1. The van der Waals surface area contributed by atoms with E-state index in [1.54, 1.807) is 19.1 Å². The Balaban J connectivity index is 1.81. The second-order valence-corrected chi connectivity index (χ2v) is 7.40. The number of benzene rings is 1. The lowest BCUT2D eigenvalue weighted by Crippen LogP contribution is -3.28. The molecule has 0 bridgehead atoms. The molecule has 0 unspecified atom stereocenters. The Bertz CT molecular complexity index is 675. The van der Waals surface area contributed by atoms with Gasteiger partial charge in [0.15, 0.2) is 18.0 Å².